The fourth-order valence-corrected chi connectivity index (χ4v) is 2.85. The Bertz CT molecular complexity index is 557. The molecule has 118 valence electrons. The molecule has 22 heavy (non-hydrogen) atoms. The Morgan fingerprint density at radius 2 is 2.14 bits per heavy atom. The number of carbonyl (C=O) groups is 2. The molecule has 1 aromatic rings. The predicted octanol–water partition coefficient (Wildman–Crippen LogP) is 1.78. The van der Waals surface area contributed by atoms with Crippen LogP contribution in [0.15, 0.2) is 36.9 Å². The van der Waals surface area contributed by atoms with Crippen LogP contribution in [0.4, 0.5) is 0 Å². The van der Waals surface area contributed by atoms with Crippen LogP contribution in [0.1, 0.15) is 24.8 Å². The lowest BCUT2D eigenvalue weighted by Crippen LogP contribution is -2.43. The van der Waals surface area contributed by atoms with Gasteiger partial charge < -0.3 is 15.4 Å². The normalized spacial score (nSPS) is 20.2. The van der Waals surface area contributed by atoms with E-state index in [-0.39, 0.29) is 23.8 Å². The molecule has 1 aromatic carbocycles. The molecule has 2 rings (SSSR count). The molecule has 0 unspecified atom stereocenters. The van der Waals surface area contributed by atoms with Crippen molar-refractivity contribution in [3.63, 3.8) is 0 Å². The number of ether oxygens (including phenoxy) is 1. The van der Waals surface area contributed by atoms with Crippen molar-refractivity contribution in [3.05, 3.63) is 42.5 Å². The van der Waals surface area contributed by atoms with Crippen molar-refractivity contribution in [2.45, 2.75) is 31.8 Å². The van der Waals surface area contributed by atoms with Crippen LogP contribution in [0, 0.1) is 5.92 Å². The zero-order valence-electron chi connectivity index (χ0n) is 12.8. The summed E-state index contributed by atoms with van der Waals surface area (Å²) in [6.07, 6.45) is 3.79. The lowest BCUT2D eigenvalue weighted by atomic mass is 10.0. The van der Waals surface area contributed by atoms with Crippen molar-refractivity contribution in [1.29, 1.82) is 0 Å². The maximum absolute atomic E-state index is 12.4. The second-order valence-electron chi connectivity index (χ2n) is 5.39. The van der Waals surface area contributed by atoms with Gasteiger partial charge in [-0.25, -0.2) is 0 Å². The third kappa shape index (κ3) is 3.87. The molecule has 0 aliphatic heterocycles. The molecule has 1 aliphatic rings. The molecule has 1 aliphatic carbocycles. The van der Waals surface area contributed by atoms with Crippen molar-refractivity contribution in [2.24, 2.45) is 5.92 Å². The maximum Gasteiger partial charge on any atom is 0.243 e. The van der Waals surface area contributed by atoms with E-state index in [4.69, 9.17) is 4.74 Å². The first kappa shape index (κ1) is 16.1. The lowest BCUT2D eigenvalue weighted by Gasteiger charge is -2.20. The van der Waals surface area contributed by atoms with Gasteiger partial charge >= 0.3 is 0 Å². The van der Waals surface area contributed by atoms with Gasteiger partial charge in [-0.1, -0.05) is 31.2 Å². The lowest BCUT2D eigenvalue weighted by molar-refractivity contribution is -0.126. The SMILES string of the molecule is C=CC(=O)N[C@@H]1CCC[C@H]1C(=O)NCc1ccccc1OC. The number of nitrogens with one attached hydrogen (secondary N) is 2. The Morgan fingerprint density at radius 3 is 2.86 bits per heavy atom. The molecule has 0 aromatic heterocycles. The molecule has 2 atom stereocenters. The number of hydrogen-bond donors (Lipinski definition) is 2. The fourth-order valence-electron chi connectivity index (χ4n) is 2.85. The van der Waals surface area contributed by atoms with Gasteiger partial charge in [0.05, 0.1) is 13.0 Å². The minimum Gasteiger partial charge on any atom is -0.496 e. The number of rotatable bonds is 6. The van der Waals surface area contributed by atoms with Crippen LogP contribution in [0.25, 0.3) is 0 Å². The molecule has 0 radical (unpaired) electrons. The first-order valence-corrected chi connectivity index (χ1v) is 7.48. The highest BCUT2D eigenvalue weighted by Crippen LogP contribution is 2.26. The monoisotopic (exact) mass is 302 g/mol. The van der Waals surface area contributed by atoms with Crippen LogP contribution in [0.3, 0.4) is 0 Å². The van der Waals surface area contributed by atoms with E-state index in [1.165, 1.54) is 6.08 Å². The Morgan fingerprint density at radius 1 is 1.36 bits per heavy atom. The predicted molar refractivity (Wildman–Crippen MR) is 84.3 cm³/mol. The highest BCUT2D eigenvalue weighted by atomic mass is 16.5. The van der Waals surface area contributed by atoms with Crippen LogP contribution in [0.2, 0.25) is 0 Å². The van der Waals surface area contributed by atoms with Gasteiger partial charge in [0.15, 0.2) is 0 Å². The molecule has 2 amide bonds. The van der Waals surface area contributed by atoms with E-state index in [2.05, 4.69) is 17.2 Å². The first-order valence-electron chi connectivity index (χ1n) is 7.48. The zero-order valence-corrected chi connectivity index (χ0v) is 12.8. The molecular formula is C17H22N2O3. The number of amides is 2. The van der Waals surface area contributed by atoms with Gasteiger partial charge in [-0.15, -0.1) is 0 Å². The van der Waals surface area contributed by atoms with Gasteiger partial charge in [-0.05, 0) is 25.0 Å². The molecule has 0 saturated heterocycles. The summed E-state index contributed by atoms with van der Waals surface area (Å²) in [6, 6.07) is 7.48. The van der Waals surface area contributed by atoms with Crippen molar-refractivity contribution < 1.29 is 14.3 Å². The highest BCUT2D eigenvalue weighted by molar-refractivity contribution is 5.88. The summed E-state index contributed by atoms with van der Waals surface area (Å²) in [7, 11) is 1.61. The number of methoxy groups -OCH3 is 1. The number of benzene rings is 1. The maximum atomic E-state index is 12.4. The van der Waals surface area contributed by atoms with E-state index in [9.17, 15) is 9.59 Å². The van der Waals surface area contributed by atoms with Gasteiger partial charge in [0, 0.05) is 18.2 Å². The zero-order chi connectivity index (χ0) is 15.9. The number of carbonyl (C=O) groups excluding carboxylic acids is 2. The minimum absolute atomic E-state index is 0.0298. The Kier molecular flexibility index (Phi) is 5.58. The average Bonchev–Trinajstić information content (AvgIpc) is 3.00. The minimum atomic E-state index is -0.227. The average molecular weight is 302 g/mol. The van der Waals surface area contributed by atoms with E-state index in [1.807, 2.05) is 24.3 Å². The van der Waals surface area contributed by atoms with Crippen LogP contribution in [0.5, 0.6) is 5.75 Å². The Labute approximate surface area is 130 Å². The van der Waals surface area contributed by atoms with E-state index >= 15 is 0 Å². The molecular weight excluding hydrogens is 280 g/mol. The van der Waals surface area contributed by atoms with Crippen LogP contribution in [-0.4, -0.2) is 25.0 Å². The van der Waals surface area contributed by atoms with E-state index in [0.717, 1.165) is 30.6 Å². The molecule has 1 fully saturated rings. The van der Waals surface area contributed by atoms with Crippen molar-refractivity contribution in [1.82, 2.24) is 10.6 Å². The standard InChI is InChI=1S/C17H22N2O3/c1-3-16(20)19-14-9-6-8-13(14)17(21)18-11-12-7-4-5-10-15(12)22-2/h3-5,7,10,13-14H,1,6,8-9,11H2,2H3,(H,18,21)(H,19,20)/t13-,14-/m1/s1. The van der Waals surface area contributed by atoms with Gasteiger partial charge in [0.2, 0.25) is 11.8 Å². The summed E-state index contributed by atoms with van der Waals surface area (Å²) in [5.41, 5.74) is 0.933. The van der Waals surface area contributed by atoms with E-state index in [0.29, 0.717) is 6.54 Å². The van der Waals surface area contributed by atoms with Gasteiger partial charge in [-0.3, -0.25) is 9.59 Å². The summed E-state index contributed by atoms with van der Waals surface area (Å²) in [6.45, 7) is 3.86. The number of para-hydroxylation sites is 1. The van der Waals surface area contributed by atoms with Crippen molar-refractivity contribution >= 4 is 11.8 Å². The van der Waals surface area contributed by atoms with Gasteiger partial charge in [-0.2, -0.15) is 0 Å². The third-order valence-corrected chi connectivity index (χ3v) is 4.01. The summed E-state index contributed by atoms with van der Waals surface area (Å²) < 4.78 is 5.27. The van der Waals surface area contributed by atoms with Gasteiger partial charge in [0.1, 0.15) is 5.75 Å². The van der Waals surface area contributed by atoms with Gasteiger partial charge in [0.25, 0.3) is 0 Å². The fraction of sp³-hybridized carbons (Fsp3) is 0.412. The summed E-state index contributed by atoms with van der Waals surface area (Å²) in [5, 5.41) is 5.78. The number of hydrogen-bond acceptors (Lipinski definition) is 3. The van der Waals surface area contributed by atoms with Crippen LogP contribution in [-0.2, 0) is 16.1 Å². The molecule has 1 saturated carbocycles. The summed E-state index contributed by atoms with van der Waals surface area (Å²) in [4.78, 5) is 23.8. The van der Waals surface area contributed by atoms with E-state index < -0.39 is 0 Å². The highest BCUT2D eigenvalue weighted by Gasteiger charge is 2.33. The molecule has 5 heteroatoms. The molecule has 0 heterocycles. The Hall–Kier alpha value is -2.30. The second-order valence-corrected chi connectivity index (χ2v) is 5.39. The summed E-state index contributed by atoms with van der Waals surface area (Å²) >= 11 is 0. The van der Waals surface area contributed by atoms with Crippen LogP contribution >= 0.6 is 0 Å². The topological polar surface area (TPSA) is 67.4 Å². The second kappa shape index (κ2) is 7.64. The third-order valence-electron chi connectivity index (χ3n) is 4.01. The van der Waals surface area contributed by atoms with E-state index in [1.54, 1.807) is 7.11 Å². The first-order chi connectivity index (χ1) is 10.7. The molecule has 0 bridgehead atoms. The molecule has 2 N–H and O–H groups in total. The smallest absolute Gasteiger partial charge is 0.243 e. The quantitative estimate of drug-likeness (QED) is 0.787. The Balaban J connectivity index is 1.93. The van der Waals surface area contributed by atoms with Crippen molar-refractivity contribution in [2.75, 3.05) is 7.11 Å². The molecule has 0 spiro atoms. The van der Waals surface area contributed by atoms with Crippen LogP contribution < -0.4 is 15.4 Å². The molecule has 5 nitrogen and oxygen atoms in total. The van der Waals surface area contributed by atoms with Crippen molar-refractivity contribution in [3.8, 4) is 5.75 Å². The largest absolute Gasteiger partial charge is 0.496 e. The summed E-state index contributed by atoms with van der Waals surface area (Å²) in [5.74, 6) is 0.316.